The third-order valence-electron chi connectivity index (χ3n) is 5.01. The van der Waals surface area contributed by atoms with Gasteiger partial charge < -0.3 is 4.74 Å². The van der Waals surface area contributed by atoms with Crippen LogP contribution in [0.3, 0.4) is 0 Å². The van der Waals surface area contributed by atoms with E-state index in [0.29, 0.717) is 6.61 Å². The van der Waals surface area contributed by atoms with Gasteiger partial charge in [0, 0.05) is 24.8 Å². The number of fused-ring (bicyclic) bond motifs is 1. The quantitative estimate of drug-likeness (QED) is 0.891. The Hall–Kier alpha value is -2.38. The fourth-order valence-electron chi connectivity index (χ4n) is 3.68. The van der Waals surface area contributed by atoms with Gasteiger partial charge in [-0.25, -0.2) is 4.98 Å². The molecule has 0 fully saturated rings. The van der Waals surface area contributed by atoms with E-state index in [1.807, 2.05) is 6.07 Å². The molecular weight excluding hydrogens is 322 g/mol. The van der Waals surface area contributed by atoms with Crippen molar-refractivity contribution in [3.63, 3.8) is 0 Å². The lowest BCUT2D eigenvalue weighted by molar-refractivity contribution is -0.375. The fourth-order valence-corrected chi connectivity index (χ4v) is 3.68. The van der Waals surface area contributed by atoms with E-state index < -0.39 is 0 Å². The van der Waals surface area contributed by atoms with Crippen LogP contribution in [-0.2, 0) is 30.6 Å². The highest BCUT2D eigenvalue weighted by atomic mass is 16.5. The predicted molar refractivity (Wildman–Crippen MR) is 103 cm³/mol. The summed E-state index contributed by atoms with van der Waals surface area (Å²) in [6.45, 7) is 9.03. The molecule has 0 saturated heterocycles. The van der Waals surface area contributed by atoms with Gasteiger partial charge in [-0.1, -0.05) is 37.3 Å². The molecule has 4 heteroatoms. The van der Waals surface area contributed by atoms with Crippen LogP contribution in [0.1, 0.15) is 55.6 Å². The maximum absolute atomic E-state index is 9.86. The highest BCUT2D eigenvalue weighted by Crippen LogP contribution is 2.33. The van der Waals surface area contributed by atoms with Crippen LogP contribution in [0, 0.1) is 11.3 Å². The molecule has 0 unspecified atom stereocenters. The number of nitrogens with one attached hydrogen (secondary N) is 2. The van der Waals surface area contributed by atoms with Gasteiger partial charge in [-0.15, -0.1) is 0 Å². The lowest BCUT2D eigenvalue weighted by atomic mass is 9.87. The minimum absolute atomic E-state index is 0.219. The summed E-state index contributed by atoms with van der Waals surface area (Å²) in [5, 5.41) is 13.4. The number of ether oxygens (including phenoxy) is 1. The van der Waals surface area contributed by atoms with Crippen LogP contribution in [0.25, 0.3) is 0 Å². The first-order valence-electron chi connectivity index (χ1n) is 9.38. The number of rotatable bonds is 5. The standard InChI is InChI=1S/C22H27N3O/c1-5-20-19-14-26-22(3,4)12-17(19)18(13-23)21(25-20)24-15(2)11-16-9-7-6-8-10-16/h6-10,15H,5,11-12,14H2,1-4H3,(H,24,25)/p+1/t15-/m0/s1. The van der Waals surface area contributed by atoms with Gasteiger partial charge in [0.05, 0.1) is 18.2 Å². The van der Waals surface area contributed by atoms with Crippen molar-refractivity contribution in [1.29, 1.82) is 5.26 Å². The molecule has 1 aliphatic rings. The Morgan fingerprint density at radius 3 is 2.65 bits per heavy atom. The number of benzene rings is 1. The lowest BCUT2D eigenvalue weighted by Gasteiger charge is -2.32. The highest BCUT2D eigenvalue weighted by Gasteiger charge is 2.33. The summed E-state index contributed by atoms with van der Waals surface area (Å²) in [5.74, 6) is 0.837. The summed E-state index contributed by atoms with van der Waals surface area (Å²) in [5.41, 5.74) is 5.22. The third-order valence-corrected chi connectivity index (χ3v) is 5.01. The number of hydrogen-bond donors (Lipinski definition) is 1. The van der Waals surface area contributed by atoms with E-state index in [1.54, 1.807) is 0 Å². The normalized spacial score (nSPS) is 16.4. The Kier molecular flexibility index (Phi) is 5.29. The lowest BCUT2D eigenvalue weighted by Crippen LogP contribution is -2.36. The Morgan fingerprint density at radius 2 is 2.00 bits per heavy atom. The average Bonchev–Trinajstić information content (AvgIpc) is 2.60. The van der Waals surface area contributed by atoms with E-state index in [2.05, 4.69) is 68.3 Å². The van der Waals surface area contributed by atoms with Crippen molar-refractivity contribution in [2.45, 2.75) is 65.2 Å². The van der Waals surface area contributed by atoms with Crippen molar-refractivity contribution in [3.05, 3.63) is 58.3 Å². The maximum atomic E-state index is 9.86. The summed E-state index contributed by atoms with van der Waals surface area (Å²) in [6, 6.07) is 13.1. The number of nitriles is 1. The van der Waals surface area contributed by atoms with Crippen molar-refractivity contribution in [2.75, 3.05) is 5.32 Å². The van der Waals surface area contributed by atoms with Crippen molar-refractivity contribution < 1.29 is 9.72 Å². The molecule has 0 aliphatic carbocycles. The number of aromatic amines is 1. The van der Waals surface area contributed by atoms with E-state index >= 15 is 0 Å². The minimum atomic E-state index is -0.238. The zero-order valence-electron chi connectivity index (χ0n) is 16.1. The molecular formula is C22H28N3O+. The summed E-state index contributed by atoms with van der Waals surface area (Å²) in [4.78, 5) is 3.47. The second-order valence-electron chi connectivity index (χ2n) is 7.74. The summed E-state index contributed by atoms with van der Waals surface area (Å²) >= 11 is 0. The van der Waals surface area contributed by atoms with Gasteiger partial charge in [0.1, 0.15) is 17.3 Å². The van der Waals surface area contributed by atoms with Crippen LogP contribution in [0.4, 0.5) is 5.82 Å². The van der Waals surface area contributed by atoms with Gasteiger partial charge in [-0.05, 0) is 31.9 Å². The number of H-pyrrole nitrogens is 1. The van der Waals surface area contributed by atoms with Crippen LogP contribution in [0.2, 0.25) is 0 Å². The topological polar surface area (TPSA) is 59.2 Å². The van der Waals surface area contributed by atoms with Gasteiger partial charge in [0.15, 0.2) is 0 Å². The minimum Gasteiger partial charge on any atom is -0.370 e. The molecule has 2 heterocycles. The molecule has 136 valence electrons. The maximum Gasteiger partial charge on any atom is 0.291 e. The van der Waals surface area contributed by atoms with Crippen LogP contribution in [0.5, 0.6) is 0 Å². The highest BCUT2D eigenvalue weighted by molar-refractivity contribution is 5.57. The first-order chi connectivity index (χ1) is 12.4. The van der Waals surface area contributed by atoms with Crippen LogP contribution in [0.15, 0.2) is 30.3 Å². The van der Waals surface area contributed by atoms with Gasteiger partial charge >= 0.3 is 0 Å². The van der Waals surface area contributed by atoms with E-state index in [9.17, 15) is 5.26 Å². The predicted octanol–water partition coefficient (Wildman–Crippen LogP) is 3.83. The first-order valence-corrected chi connectivity index (χ1v) is 9.38. The number of nitrogens with zero attached hydrogens (tertiary/aromatic N) is 1. The number of aromatic nitrogens is 1. The second-order valence-corrected chi connectivity index (χ2v) is 7.74. The van der Waals surface area contributed by atoms with Crippen molar-refractivity contribution in [3.8, 4) is 6.07 Å². The monoisotopic (exact) mass is 350 g/mol. The Labute approximate surface area is 156 Å². The molecule has 0 amide bonds. The molecule has 2 aromatic rings. The van der Waals surface area contributed by atoms with E-state index in [-0.39, 0.29) is 11.6 Å². The molecule has 4 nitrogen and oxygen atoms in total. The second kappa shape index (κ2) is 7.47. The molecule has 26 heavy (non-hydrogen) atoms. The number of aryl methyl sites for hydroxylation is 1. The SMILES string of the molecule is CCc1[nH+]c(N[C@@H](C)Cc2ccccc2)c(C#N)c2c1COC(C)(C)C2. The summed E-state index contributed by atoms with van der Waals surface area (Å²) in [7, 11) is 0. The molecule has 0 spiro atoms. The van der Waals surface area contributed by atoms with Gasteiger partial charge in [0.25, 0.3) is 5.82 Å². The summed E-state index contributed by atoms with van der Waals surface area (Å²) < 4.78 is 5.98. The van der Waals surface area contributed by atoms with Gasteiger partial charge in [0.2, 0.25) is 0 Å². The molecule has 0 bridgehead atoms. The molecule has 1 aromatic carbocycles. The Morgan fingerprint density at radius 1 is 1.27 bits per heavy atom. The van der Waals surface area contributed by atoms with Crippen LogP contribution < -0.4 is 10.3 Å². The Balaban J connectivity index is 1.93. The molecule has 0 radical (unpaired) electrons. The molecule has 1 aromatic heterocycles. The number of pyridine rings is 1. The average molecular weight is 350 g/mol. The zero-order valence-corrected chi connectivity index (χ0v) is 16.1. The zero-order chi connectivity index (χ0) is 18.7. The number of hydrogen-bond acceptors (Lipinski definition) is 3. The van der Waals surface area contributed by atoms with Gasteiger partial charge in [-0.3, -0.25) is 5.32 Å². The smallest absolute Gasteiger partial charge is 0.291 e. The van der Waals surface area contributed by atoms with Crippen LogP contribution in [-0.4, -0.2) is 11.6 Å². The Bertz CT molecular complexity index is 822. The molecule has 2 N–H and O–H groups in total. The fraction of sp³-hybridized carbons (Fsp3) is 0.455. The number of anilines is 1. The van der Waals surface area contributed by atoms with Gasteiger partial charge in [-0.2, -0.15) is 5.26 Å². The van der Waals surface area contributed by atoms with E-state index in [4.69, 9.17) is 4.74 Å². The largest absolute Gasteiger partial charge is 0.370 e. The molecule has 0 saturated carbocycles. The van der Waals surface area contributed by atoms with E-state index in [0.717, 1.165) is 47.5 Å². The van der Waals surface area contributed by atoms with Crippen molar-refractivity contribution >= 4 is 5.82 Å². The molecule has 1 aliphatic heterocycles. The molecule has 1 atom stereocenters. The van der Waals surface area contributed by atoms with Crippen molar-refractivity contribution in [2.24, 2.45) is 0 Å². The van der Waals surface area contributed by atoms with Crippen LogP contribution >= 0.6 is 0 Å². The summed E-state index contributed by atoms with van der Waals surface area (Å²) in [6.07, 6.45) is 2.56. The molecule has 3 rings (SSSR count). The first kappa shape index (κ1) is 18.4. The third kappa shape index (κ3) is 3.89. The van der Waals surface area contributed by atoms with E-state index in [1.165, 1.54) is 5.56 Å². The van der Waals surface area contributed by atoms with Crippen molar-refractivity contribution in [1.82, 2.24) is 0 Å².